The molecule has 0 aromatic heterocycles. The highest BCUT2D eigenvalue weighted by Gasteiger charge is 2.35. The maximum absolute atomic E-state index is 2.49. The van der Waals surface area contributed by atoms with E-state index >= 15 is 0 Å². The lowest BCUT2D eigenvalue weighted by Crippen LogP contribution is -2.29. The molecule has 0 radical (unpaired) electrons. The fourth-order valence-electron chi connectivity index (χ4n) is 2.97. The quantitative estimate of drug-likeness (QED) is 0.595. The summed E-state index contributed by atoms with van der Waals surface area (Å²) in [6.07, 6.45) is 7.28. The molecular weight excluding hydrogens is 180 g/mol. The van der Waals surface area contributed by atoms with Gasteiger partial charge in [-0.05, 0) is 41.9 Å². The van der Waals surface area contributed by atoms with Gasteiger partial charge in [0.05, 0.1) is 0 Å². The Balaban J connectivity index is 2.55. The van der Waals surface area contributed by atoms with Crippen molar-refractivity contribution in [2.45, 2.75) is 73.6 Å². The summed E-state index contributed by atoms with van der Waals surface area (Å²) in [5, 5.41) is 0. The van der Waals surface area contributed by atoms with Crippen LogP contribution in [-0.2, 0) is 0 Å². The fourth-order valence-corrected chi connectivity index (χ4v) is 2.97. The Labute approximate surface area is 96.8 Å². The van der Waals surface area contributed by atoms with Crippen LogP contribution in [0.4, 0.5) is 0 Å². The molecule has 0 aromatic carbocycles. The predicted molar refractivity (Wildman–Crippen MR) is 69.0 cm³/mol. The molecule has 0 aromatic rings. The molecule has 1 saturated carbocycles. The standard InChI is InChI=1S/C15H30/c1-12(14(2,3)4)11-15(5,6)13-9-7-8-10-13/h12-13H,7-11H2,1-6H3. The molecule has 0 amide bonds. The molecule has 0 bridgehead atoms. The van der Waals surface area contributed by atoms with Gasteiger partial charge < -0.3 is 0 Å². The van der Waals surface area contributed by atoms with Crippen molar-refractivity contribution in [2.75, 3.05) is 0 Å². The van der Waals surface area contributed by atoms with Gasteiger partial charge >= 0.3 is 0 Å². The molecule has 0 saturated heterocycles. The van der Waals surface area contributed by atoms with E-state index in [1.165, 1.54) is 32.1 Å². The predicted octanol–water partition coefficient (Wildman–Crippen LogP) is 5.28. The number of hydrogen-bond donors (Lipinski definition) is 0. The smallest absolute Gasteiger partial charge is 0.0323 e. The topological polar surface area (TPSA) is 0 Å². The van der Waals surface area contributed by atoms with Crippen molar-refractivity contribution in [2.24, 2.45) is 22.7 Å². The minimum atomic E-state index is 0.468. The zero-order chi connectivity index (χ0) is 11.7. The average Bonchev–Trinajstić information content (AvgIpc) is 2.52. The minimum Gasteiger partial charge on any atom is -0.0620 e. The Kier molecular flexibility index (Phi) is 3.90. The first-order valence-corrected chi connectivity index (χ1v) is 6.73. The van der Waals surface area contributed by atoms with Crippen LogP contribution in [-0.4, -0.2) is 0 Å². The van der Waals surface area contributed by atoms with Crippen LogP contribution >= 0.6 is 0 Å². The largest absolute Gasteiger partial charge is 0.0620 e. The summed E-state index contributed by atoms with van der Waals surface area (Å²) < 4.78 is 0. The van der Waals surface area contributed by atoms with E-state index in [2.05, 4.69) is 41.5 Å². The van der Waals surface area contributed by atoms with Crippen LogP contribution in [0.2, 0.25) is 0 Å². The van der Waals surface area contributed by atoms with Gasteiger partial charge in [0.1, 0.15) is 0 Å². The van der Waals surface area contributed by atoms with E-state index in [-0.39, 0.29) is 0 Å². The van der Waals surface area contributed by atoms with Crippen molar-refractivity contribution in [1.29, 1.82) is 0 Å². The van der Waals surface area contributed by atoms with Gasteiger partial charge in [-0.15, -0.1) is 0 Å². The third kappa shape index (κ3) is 3.50. The van der Waals surface area contributed by atoms with Crippen molar-refractivity contribution in [1.82, 2.24) is 0 Å². The van der Waals surface area contributed by atoms with E-state index in [0.717, 1.165) is 11.8 Å². The number of rotatable bonds is 3. The third-order valence-electron chi connectivity index (χ3n) is 4.77. The van der Waals surface area contributed by atoms with Crippen LogP contribution in [0.25, 0.3) is 0 Å². The lowest BCUT2D eigenvalue weighted by atomic mass is 9.67. The molecule has 0 aliphatic heterocycles. The normalized spacial score (nSPS) is 22.0. The Morgan fingerprint density at radius 3 is 1.87 bits per heavy atom. The lowest BCUT2D eigenvalue weighted by molar-refractivity contribution is 0.117. The summed E-state index contributed by atoms with van der Waals surface area (Å²) in [4.78, 5) is 0. The Morgan fingerprint density at radius 1 is 1.00 bits per heavy atom. The highest BCUT2D eigenvalue weighted by atomic mass is 14.4. The highest BCUT2D eigenvalue weighted by Crippen LogP contribution is 2.46. The molecule has 1 aliphatic carbocycles. The molecule has 1 fully saturated rings. The van der Waals surface area contributed by atoms with Crippen LogP contribution in [0.5, 0.6) is 0 Å². The van der Waals surface area contributed by atoms with Crippen LogP contribution in [0.1, 0.15) is 73.6 Å². The van der Waals surface area contributed by atoms with Crippen LogP contribution < -0.4 is 0 Å². The molecule has 1 aliphatic rings. The van der Waals surface area contributed by atoms with E-state index in [1.54, 1.807) is 0 Å². The molecule has 1 rings (SSSR count). The Morgan fingerprint density at radius 2 is 1.47 bits per heavy atom. The van der Waals surface area contributed by atoms with Crippen LogP contribution in [0, 0.1) is 22.7 Å². The zero-order valence-corrected chi connectivity index (χ0v) is 11.7. The second-order valence-corrected chi connectivity index (χ2v) is 7.44. The van der Waals surface area contributed by atoms with E-state index in [1.807, 2.05) is 0 Å². The maximum atomic E-state index is 2.49. The summed E-state index contributed by atoms with van der Waals surface area (Å²) in [6, 6.07) is 0. The Bertz CT molecular complexity index is 189. The molecule has 0 heterocycles. The van der Waals surface area contributed by atoms with E-state index in [4.69, 9.17) is 0 Å². The van der Waals surface area contributed by atoms with E-state index in [0.29, 0.717) is 10.8 Å². The van der Waals surface area contributed by atoms with Gasteiger partial charge in [0, 0.05) is 0 Å². The monoisotopic (exact) mass is 210 g/mol. The van der Waals surface area contributed by atoms with Gasteiger partial charge in [0.25, 0.3) is 0 Å². The summed E-state index contributed by atoms with van der Waals surface area (Å²) in [7, 11) is 0. The summed E-state index contributed by atoms with van der Waals surface area (Å²) >= 11 is 0. The molecule has 0 heteroatoms. The third-order valence-corrected chi connectivity index (χ3v) is 4.77. The molecule has 0 spiro atoms. The van der Waals surface area contributed by atoms with Crippen molar-refractivity contribution >= 4 is 0 Å². The summed E-state index contributed by atoms with van der Waals surface area (Å²) in [5.74, 6) is 1.82. The second-order valence-electron chi connectivity index (χ2n) is 7.44. The second kappa shape index (κ2) is 4.47. The van der Waals surface area contributed by atoms with E-state index < -0.39 is 0 Å². The summed E-state index contributed by atoms with van der Waals surface area (Å²) in [5.41, 5.74) is 1.03. The van der Waals surface area contributed by atoms with Gasteiger partial charge in [-0.25, -0.2) is 0 Å². The van der Waals surface area contributed by atoms with Crippen molar-refractivity contribution in [3.63, 3.8) is 0 Å². The van der Waals surface area contributed by atoms with Crippen molar-refractivity contribution in [3.05, 3.63) is 0 Å². The van der Waals surface area contributed by atoms with Gasteiger partial charge in [0.2, 0.25) is 0 Å². The fraction of sp³-hybridized carbons (Fsp3) is 1.00. The highest BCUT2D eigenvalue weighted by molar-refractivity contribution is 4.85. The first-order valence-electron chi connectivity index (χ1n) is 6.73. The van der Waals surface area contributed by atoms with Gasteiger partial charge in [-0.3, -0.25) is 0 Å². The molecule has 1 atom stereocenters. The van der Waals surface area contributed by atoms with Crippen molar-refractivity contribution < 1.29 is 0 Å². The lowest BCUT2D eigenvalue weighted by Gasteiger charge is -2.38. The zero-order valence-electron chi connectivity index (χ0n) is 11.7. The summed E-state index contributed by atoms with van der Waals surface area (Å²) in [6.45, 7) is 14.5. The molecule has 15 heavy (non-hydrogen) atoms. The average molecular weight is 210 g/mol. The molecule has 0 N–H and O–H groups in total. The molecule has 0 nitrogen and oxygen atoms in total. The van der Waals surface area contributed by atoms with Crippen LogP contribution in [0.3, 0.4) is 0 Å². The van der Waals surface area contributed by atoms with Crippen LogP contribution in [0.15, 0.2) is 0 Å². The first kappa shape index (κ1) is 13.1. The van der Waals surface area contributed by atoms with E-state index in [9.17, 15) is 0 Å². The first-order chi connectivity index (χ1) is 6.73. The van der Waals surface area contributed by atoms with Gasteiger partial charge in [0.15, 0.2) is 0 Å². The van der Waals surface area contributed by atoms with Crippen molar-refractivity contribution in [3.8, 4) is 0 Å². The van der Waals surface area contributed by atoms with Gasteiger partial charge in [-0.2, -0.15) is 0 Å². The SMILES string of the molecule is CC(CC(C)(C)C1CCCC1)C(C)(C)C. The Hall–Kier alpha value is 0. The minimum absolute atomic E-state index is 0.468. The number of hydrogen-bond acceptors (Lipinski definition) is 0. The maximum Gasteiger partial charge on any atom is -0.0323 e. The molecule has 1 unspecified atom stereocenters. The molecular formula is C15H30. The molecule has 90 valence electrons. The van der Waals surface area contributed by atoms with Gasteiger partial charge in [-0.1, -0.05) is 54.4 Å².